The number of thioether (sulfide) groups is 2. The molecule has 0 radical (unpaired) electrons. The van der Waals surface area contributed by atoms with Gasteiger partial charge in [-0.2, -0.15) is 0 Å². The van der Waals surface area contributed by atoms with E-state index in [1.165, 1.54) is 7.11 Å². The second kappa shape index (κ2) is 10.4. The summed E-state index contributed by atoms with van der Waals surface area (Å²) in [4.78, 5) is 25.7. The molecule has 0 aliphatic heterocycles. The van der Waals surface area contributed by atoms with Crippen molar-refractivity contribution in [2.75, 3.05) is 7.11 Å². The first kappa shape index (κ1) is 20.6. The molecule has 0 spiro atoms. The number of Topliss-reactive ketones (excluding diaryl/α,β-unsaturated/α-hetero) is 1. The third-order valence-corrected chi connectivity index (χ3v) is 6.97. The molecule has 138 valence electrons. The summed E-state index contributed by atoms with van der Waals surface area (Å²) in [6, 6.07) is 20.3. The summed E-state index contributed by atoms with van der Waals surface area (Å²) in [5.74, 6) is -0.0608. The van der Waals surface area contributed by atoms with Gasteiger partial charge in [0.15, 0.2) is 0 Å². The van der Waals surface area contributed by atoms with Crippen LogP contribution in [0.25, 0.3) is 0 Å². The van der Waals surface area contributed by atoms with Crippen LogP contribution in [0, 0.1) is 0 Å². The van der Waals surface area contributed by atoms with Crippen LogP contribution in [0.3, 0.4) is 0 Å². The van der Waals surface area contributed by atoms with Crippen molar-refractivity contribution in [2.24, 2.45) is 0 Å². The minimum absolute atomic E-state index is 0.162. The molecule has 2 aromatic carbocycles. The Hall–Kier alpha value is -1.72. The van der Waals surface area contributed by atoms with E-state index in [-0.39, 0.29) is 15.8 Å². The van der Waals surface area contributed by atoms with Gasteiger partial charge in [-0.05, 0) is 44.0 Å². The van der Waals surface area contributed by atoms with Gasteiger partial charge in [-0.1, -0.05) is 36.4 Å². The van der Waals surface area contributed by atoms with Gasteiger partial charge in [0.2, 0.25) is 0 Å². The molecule has 3 nitrogen and oxygen atoms in total. The Bertz CT molecular complexity index is 660. The maximum absolute atomic E-state index is 11.8. The predicted molar refractivity (Wildman–Crippen MR) is 108 cm³/mol. The van der Waals surface area contributed by atoms with E-state index in [0.717, 1.165) is 9.79 Å². The molecule has 0 aliphatic carbocycles. The molecule has 0 fully saturated rings. The van der Waals surface area contributed by atoms with Crippen LogP contribution >= 0.6 is 23.5 Å². The highest BCUT2D eigenvalue weighted by Crippen LogP contribution is 2.51. The summed E-state index contributed by atoms with van der Waals surface area (Å²) in [5.41, 5.74) is 0. The van der Waals surface area contributed by atoms with E-state index in [0.29, 0.717) is 25.7 Å². The summed E-state index contributed by atoms with van der Waals surface area (Å²) >= 11 is 3.46. The second-order valence-electron chi connectivity index (χ2n) is 6.02. The molecular formula is C21H24O3S2. The second-order valence-corrected chi connectivity index (χ2v) is 9.19. The van der Waals surface area contributed by atoms with Crippen LogP contribution in [0.4, 0.5) is 0 Å². The quantitative estimate of drug-likeness (QED) is 0.301. The fraction of sp³-hybridized carbons (Fsp3) is 0.333. The lowest BCUT2D eigenvalue weighted by molar-refractivity contribution is -0.140. The van der Waals surface area contributed by atoms with E-state index in [1.807, 2.05) is 36.4 Å². The van der Waals surface area contributed by atoms with Gasteiger partial charge in [-0.15, -0.1) is 23.5 Å². The third kappa shape index (κ3) is 6.89. The predicted octanol–water partition coefficient (Wildman–Crippen LogP) is 5.59. The first-order valence-corrected chi connectivity index (χ1v) is 10.2. The van der Waals surface area contributed by atoms with Crippen molar-refractivity contribution in [3.63, 3.8) is 0 Å². The highest BCUT2D eigenvalue weighted by atomic mass is 32.2. The Labute approximate surface area is 163 Å². The first-order chi connectivity index (χ1) is 12.5. The minimum atomic E-state index is -0.317. The van der Waals surface area contributed by atoms with E-state index in [1.54, 1.807) is 30.4 Å². The van der Waals surface area contributed by atoms with Gasteiger partial charge in [0, 0.05) is 22.6 Å². The summed E-state index contributed by atoms with van der Waals surface area (Å²) in [6.45, 7) is 1.62. The lowest BCUT2D eigenvalue weighted by Gasteiger charge is -2.32. The maximum Gasteiger partial charge on any atom is 0.305 e. The molecule has 0 heterocycles. The van der Waals surface area contributed by atoms with Crippen molar-refractivity contribution in [3.8, 4) is 0 Å². The minimum Gasteiger partial charge on any atom is -0.469 e. The standard InChI is InChI=1S/C21H24O3S2/c1-17(22)13-15-21(16-14-20(23)24-2,25-18-9-5-3-6-10-18)26-19-11-7-4-8-12-19/h3-12H,13-16H2,1-2H3. The van der Waals surface area contributed by atoms with Gasteiger partial charge in [-0.25, -0.2) is 0 Å². The molecule has 0 aliphatic rings. The normalized spacial score (nSPS) is 11.2. The molecule has 0 aromatic heterocycles. The van der Waals surface area contributed by atoms with Crippen LogP contribution in [0.2, 0.25) is 0 Å². The molecule has 26 heavy (non-hydrogen) atoms. The summed E-state index contributed by atoms with van der Waals surface area (Å²) in [7, 11) is 1.41. The molecule has 0 saturated heterocycles. The number of carbonyl (C=O) groups excluding carboxylic acids is 2. The summed E-state index contributed by atoms with van der Waals surface area (Å²) < 4.78 is 4.53. The largest absolute Gasteiger partial charge is 0.469 e. The average Bonchev–Trinajstić information content (AvgIpc) is 2.66. The van der Waals surface area contributed by atoms with Crippen molar-refractivity contribution >= 4 is 35.3 Å². The number of methoxy groups -OCH3 is 1. The van der Waals surface area contributed by atoms with Gasteiger partial charge in [-0.3, -0.25) is 4.79 Å². The molecule has 0 atom stereocenters. The molecule has 0 bridgehead atoms. The monoisotopic (exact) mass is 388 g/mol. The Morgan fingerprint density at radius 3 is 1.73 bits per heavy atom. The molecule has 5 heteroatoms. The SMILES string of the molecule is COC(=O)CCC(CCC(C)=O)(Sc1ccccc1)Sc1ccccc1. The Morgan fingerprint density at radius 2 is 1.31 bits per heavy atom. The van der Waals surface area contributed by atoms with E-state index in [4.69, 9.17) is 4.74 Å². The van der Waals surface area contributed by atoms with Crippen molar-refractivity contribution < 1.29 is 14.3 Å². The molecular weight excluding hydrogens is 364 g/mol. The number of esters is 1. The maximum atomic E-state index is 11.8. The van der Waals surface area contributed by atoms with E-state index in [9.17, 15) is 9.59 Å². The zero-order valence-corrected chi connectivity index (χ0v) is 16.8. The van der Waals surface area contributed by atoms with Gasteiger partial charge < -0.3 is 9.53 Å². The smallest absolute Gasteiger partial charge is 0.305 e. The topological polar surface area (TPSA) is 43.4 Å². The molecule has 0 amide bonds. The number of hydrogen-bond donors (Lipinski definition) is 0. The van der Waals surface area contributed by atoms with Gasteiger partial charge in [0.25, 0.3) is 0 Å². The first-order valence-electron chi connectivity index (χ1n) is 8.57. The summed E-state index contributed by atoms with van der Waals surface area (Å²) in [5, 5.41) is 0. The Morgan fingerprint density at radius 1 is 0.846 bits per heavy atom. The van der Waals surface area contributed by atoms with Crippen LogP contribution < -0.4 is 0 Å². The fourth-order valence-corrected chi connectivity index (χ4v) is 5.52. The van der Waals surface area contributed by atoms with Gasteiger partial charge in [0.1, 0.15) is 5.78 Å². The zero-order valence-electron chi connectivity index (χ0n) is 15.1. The van der Waals surface area contributed by atoms with Crippen LogP contribution in [0.15, 0.2) is 70.5 Å². The van der Waals surface area contributed by atoms with Crippen LogP contribution in [-0.4, -0.2) is 22.9 Å². The number of carbonyl (C=O) groups is 2. The van der Waals surface area contributed by atoms with Crippen molar-refractivity contribution in [3.05, 3.63) is 60.7 Å². The molecule has 2 rings (SSSR count). The van der Waals surface area contributed by atoms with E-state index in [2.05, 4.69) is 24.3 Å². The van der Waals surface area contributed by atoms with Gasteiger partial charge >= 0.3 is 5.97 Å². The third-order valence-electron chi connectivity index (χ3n) is 3.89. The molecule has 2 aromatic rings. The Balaban J connectivity index is 2.31. The number of ether oxygens (including phenoxy) is 1. The number of ketones is 1. The molecule has 0 unspecified atom stereocenters. The zero-order chi connectivity index (χ0) is 18.8. The van der Waals surface area contributed by atoms with Gasteiger partial charge in [0.05, 0.1) is 11.2 Å². The van der Waals surface area contributed by atoms with Crippen LogP contribution in [0.1, 0.15) is 32.6 Å². The fourth-order valence-electron chi connectivity index (χ4n) is 2.52. The van der Waals surface area contributed by atoms with E-state index >= 15 is 0 Å². The number of benzene rings is 2. The van der Waals surface area contributed by atoms with Crippen molar-refractivity contribution in [2.45, 2.75) is 46.5 Å². The van der Waals surface area contributed by atoms with Crippen LogP contribution in [0.5, 0.6) is 0 Å². The average molecular weight is 389 g/mol. The van der Waals surface area contributed by atoms with E-state index < -0.39 is 0 Å². The summed E-state index contributed by atoms with van der Waals surface area (Å²) in [6.07, 6.45) is 2.14. The Kier molecular flexibility index (Phi) is 8.26. The number of rotatable bonds is 10. The highest BCUT2D eigenvalue weighted by Gasteiger charge is 2.33. The number of hydrogen-bond acceptors (Lipinski definition) is 5. The van der Waals surface area contributed by atoms with Crippen LogP contribution in [-0.2, 0) is 14.3 Å². The van der Waals surface area contributed by atoms with Crippen molar-refractivity contribution in [1.29, 1.82) is 0 Å². The lowest BCUT2D eigenvalue weighted by atomic mass is 10.1. The van der Waals surface area contributed by atoms with Crippen molar-refractivity contribution in [1.82, 2.24) is 0 Å². The molecule has 0 N–H and O–H groups in total. The molecule has 0 saturated carbocycles. The lowest BCUT2D eigenvalue weighted by Crippen LogP contribution is -2.23. The highest BCUT2D eigenvalue weighted by molar-refractivity contribution is 8.18.